The highest BCUT2D eigenvalue weighted by atomic mass is 16.5. The number of hydrogen-bond acceptors (Lipinski definition) is 2. The largest absolute Gasteiger partial charge is 0.512 e. The molecule has 3 rings (SSSR count). The van der Waals surface area contributed by atoms with E-state index in [4.69, 9.17) is 4.74 Å². The minimum absolute atomic E-state index is 0.0564. The monoisotopic (exact) mass is 339 g/mol. The molecule has 3 heteroatoms. The molecule has 0 aromatic carbocycles. The van der Waals surface area contributed by atoms with Crippen LogP contribution >= 0.6 is 0 Å². The number of carbonyl (C=O) groups excluding carboxylic acids is 1. The molecule has 3 aliphatic carbocycles. The van der Waals surface area contributed by atoms with Crippen molar-refractivity contribution < 1.29 is 14.6 Å². The van der Waals surface area contributed by atoms with Crippen molar-refractivity contribution in [1.29, 1.82) is 0 Å². The Morgan fingerprint density at radius 1 is 1.36 bits per heavy atom. The van der Waals surface area contributed by atoms with E-state index in [-0.39, 0.29) is 11.4 Å². The lowest BCUT2D eigenvalue weighted by molar-refractivity contribution is 0.260. The number of aliphatic hydroxyl groups excluding tert-OH is 1. The van der Waals surface area contributed by atoms with Gasteiger partial charge in [-0.15, -0.1) is 0 Å². The Balaban J connectivity index is 1.57. The maximum atomic E-state index is 9.81. The predicted octanol–water partition coefficient (Wildman–Crippen LogP) is 4.94. The topological polar surface area (TPSA) is 50.9 Å². The van der Waals surface area contributed by atoms with Crippen LogP contribution < -0.4 is 0 Å². The number of aliphatic hydroxyl groups is 1. The quantitative estimate of drug-likeness (QED) is 0.334. The molecule has 0 aromatic heterocycles. The van der Waals surface area contributed by atoms with Gasteiger partial charge in [0.25, 0.3) is 0 Å². The summed E-state index contributed by atoms with van der Waals surface area (Å²) in [6.07, 6.45) is 17.8. The van der Waals surface area contributed by atoms with Crippen LogP contribution in [-0.2, 0) is 4.74 Å². The van der Waals surface area contributed by atoms with Gasteiger partial charge < -0.3 is 14.6 Å². The van der Waals surface area contributed by atoms with Gasteiger partial charge in [-0.2, -0.15) is 0 Å². The normalized spacial score (nSPS) is 29.8. The van der Waals surface area contributed by atoms with Crippen molar-refractivity contribution in [3.05, 3.63) is 71.6 Å². The fraction of sp³-hybridized carbons (Fsp3) is 0.409. The molecular formula is C22H27O3+. The maximum absolute atomic E-state index is 9.81. The van der Waals surface area contributed by atoms with E-state index in [9.17, 15) is 9.90 Å². The first kappa shape index (κ1) is 17.5. The first-order valence-electron chi connectivity index (χ1n) is 8.94. The Bertz CT molecular complexity index is 732. The molecule has 3 nitrogen and oxygen atoms in total. The Hall–Kier alpha value is -2.29. The van der Waals surface area contributed by atoms with E-state index < -0.39 is 0 Å². The SMILES string of the molecule is C=C(C)C(=[OH+])OCCCC1C=CC2=C(C=CC3(C)C=C(O)C=CC23)C1. The standard InChI is InChI=1S/C22H26O3/c1-15(2)21(24)25-12-4-5-16-6-8-19-17(13-16)10-11-22(3)14-18(23)7-9-20(19)22/h6-11,14,16,20,23H,1,4-5,12-13H2,2-3H3/p+1. The summed E-state index contributed by atoms with van der Waals surface area (Å²) in [5.74, 6) is 1.09. The molecule has 25 heavy (non-hydrogen) atoms. The highest BCUT2D eigenvalue weighted by Gasteiger charge is 2.37. The first-order chi connectivity index (χ1) is 11.9. The number of fused-ring (bicyclic) bond motifs is 2. The zero-order valence-electron chi connectivity index (χ0n) is 15.0. The van der Waals surface area contributed by atoms with Crippen LogP contribution in [0.15, 0.2) is 71.6 Å². The zero-order chi connectivity index (χ0) is 18.0. The van der Waals surface area contributed by atoms with Gasteiger partial charge in [-0.25, -0.2) is 0 Å². The van der Waals surface area contributed by atoms with E-state index in [1.165, 1.54) is 11.1 Å². The fourth-order valence-electron chi connectivity index (χ4n) is 3.85. The van der Waals surface area contributed by atoms with Gasteiger partial charge in [-0.05, 0) is 49.0 Å². The van der Waals surface area contributed by atoms with Crippen LogP contribution in [0.5, 0.6) is 0 Å². The molecule has 132 valence electrons. The van der Waals surface area contributed by atoms with Gasteiger partial charge in [0.1, 0.15) is 5.76 Å². The average Bonchev–Trinajstić information content (AvgIpc) is 2.57. The van der Waals surface area contributed by atoms with Crippen LogP contribution in [-0.4, -0.2) is 22.5 Å². The molecular weight excluding hydrogens is 312 g/mol. The molecule has 0 spiro atoms. The molecule has 0 heterocycles. The second-order valence-electron chi connectivity index (χ2n) is 7.49. The molecule has 3 aliphatic rings. The van der Waals surface area contributed by atoms with E-state index in [1.807, 2.05) is 6.08 Å². The van der Waals surface area contributed by atoms with Gasteiger partial charge in [0.15, 0.2) is 6.61 Å². The molecule has 2 N–H and O–H groups in total. The second kappa shape index (κ2) is 6.91. The van der Waals surface area contributed by atoms with Crippen molar-refractivity contribution in [3.63, 3.8) is 0 Å². The van der Waals surface area contributed by atoms with Crippen molar-refractivity contribution in [2.24, 2.45) is 17.3 Å². The lowest BCUT2D eigenvalue weighted by atomic mass is 9.64. The second-order valence-corrected chi connectivity index (χ2v) is 7.49. The van der Waals surface area contributed by atoms with Gasteiger partial charge in [0.05, 0.1) is 5.57 Å². The number of allylic oxidation sites excluding steroid dienone is 9. The molecule has 3 atom stereocenters. The minimum atomic E-state index is -0.140. The summed E-state index contributed by atoms with van der Waals surface area (Å²) in [5, 5.41) is 9.81. The molecule has 0 aromatic rings. The van der Waals surface area contributed by atoms with Crippen LogP contribution in [0.1, 0.15) is 33.1 Å². The minimum Gasteiger partial charge on any atom is -0.508 e. The smallest absolute Gasteiger partial charge is 0.508 e. The maximum Gasteiger partial charge on any atom is 0.512 e. The molecule has 0 radical (unpaired) electrons. The van der Waals surface area contributed by atoms with Crippen LogP contribution in [0, 0.1) is 17.3 Å². The summed E-state index contributed by atoms with van der Waals surface area (Å²) in [7, 11) is 0. The van der Waals surface area contributed by atoms with Crippen LogP contribution in [0.25, 0.3) is 0 Å². The lowest BCUT2D eigenvalue weighted by Crippen LogP contribution is -2.30. The summed E-state index contributed by atoms with van der Waals surface area (Å²) in [6, 6.07) is 0. The van der Waals surface area contributed by atoms with Gasteiger partial charge >= 0.3 is 5.97 Å². The summed E-state index contributed by atoms with van der Waals surface area (Å²) < 4.78 is 5.28. The van der Waals surface area contributed by atoms with E-state index in [0.29, 0.717) is 29.8 Å². The third-order valence-electron chi connectivity index (χ3n) is 5.29. The Labute approximate surface area is 149 Å². The van der Waals surface area contributed by atoms with Gasteiger partial charge in [0, 0.05) is 17.8 Å². The Morgan fingerprint density at radius 3 is 2.92 bits per heavy atom. The van der Waals surface area contributed by atoms with Crippen molar-refractivity contribution in [3.8, 4) is 0 Å². The number of esters is 1. The zero-order valence-corrected chi connectivity index (χ0v) is 15.0. The molecule has 0 bridgehead atoms. The van der Waals surface area contributed by atoms with Crippen molar-refractivity contribution in [1.82, 2.24) is 0 Å². The molecule has 0 fully saturated rings. The van der Waals surface area contributed by atoms with Crippen molar-refractivity contribution in [2.45, 2.75) is 33.1 Å². The van der Waals surface area contributed by atoms with Crippen molar-refractivity contribution >= 4 is 5.97 Å². The molecule has 0 saturated carbocycles. The third kappa shape index (κ3) is 3.71. The van der Waals surface area contributed by atoms with Gasteiger partial charge in [-0.1, -0.05) is 43.9 Å². The van der Waals surface area contributed by atoms with E-state index in [2.05, 4.69) is 43.9 Å². The number of hydrogen-bond donors (Lipinski definition) is 1. The molecule has 0 aliphatic heterocycles. The summed E-state index contributed by atoms with van der Waals surface area (Å²) in [5.41, 5.74) is 3.18. The van der Waals surface area contributed by atoms with Gasteiger partial charge in [-0.3, -0.25) is 0 Å². The van der Waals surface area contributed by atoms with Crippen LogP contribution in [0.3, 0.4) is 0 Å². The summed E-state index contributed by atoms with van der Waals surface area (Å²) in [4.78, 5) is 9.51. The van der Waals surface area contributed by atoms with Crippen LogP contribution in [0.2, 0.25) is 0 Å². The molecule has 0 saturated heterocycles. The Kier molecular flexibility index (Phi) is 4.85. The van der Waals surface area contributed by atoms with E-state index >= 15 is 0 Å². The average molecular weight is 339 g/mol. The number of ether oxygens (including phenoxy) is 1. The van der Waals surface area contributed by atoms with Gasteiger partial charge in [0.2, 0.25) is 0 Å². The predicted molar refractivity (Wildman–Crippen MR) is 102 cm³/mol. The molecule has 0 amide bonds. The third-order valence-corrected chi connectivity index (χ3v) is 5.29. The number of rotatable bonds is 5. The molecule has 3 unspecified atom stereocenters. The van der Waals surface area contributed by atoms with E-state index in [0.717, 1.165) is 19.3 Å². The first-order valence-corrected chi connectivity index (χ1v) is 8.94. The summed E-state index contributed by atoms with van der Waals surface area (Å²) in [6.45, 7) is 8.06. The Morgan fingerprint density at radius 2 is 2.16 bits per heavy atom. The van der Waals surface area contributed by atoms with Crippen LogP contribution in [0.4, 0.5) is 0 Å². The highest BCUT2D eigenvalue weighted by molar-refractivity contribution is 5.87. The lowest BCUT2D eigenvalue weighted by Gasteiger charge is -2.39. The van der Waals surface area contributed by atoms with E-state index in [1.54, 1.807) is 13.0 Å². The fourth-order valence-corrected chi connectivity index (χ4v) is 3.85. The highest BCUT2D eigenvalue weighted by Crippen LogP contribution is 2.47. The summed E-state index contributed by atoms with van der Waals surface area (Å²) >= 11 is 0. The van der Waals surface area contributed by atoms with Crippen molar-refractivity contribution in [2.75, 3.05) is 6.61 Å².